The summed E-state index contributed by atoms with van der Waals surface area (Å²) in [6.45, 7) is 3.89. The van der Waals surface area contributed by atoms with Crippen molar-refractivity contribution in [2.24, 2.45) is 5.92 Å². The highest BCUT2D eigenvalue weighted by Crippen LogP contribution is 2.33. The van der Waals surface area contributed by atoms with Crippen molar-refractivity contribution in [2.75, 3.05) is 18.9 Å². The van der Waals surface area contributed by atoms with Gasteiger partial charge in [-0.3, -0.25) is 0 Å². The van der Waals surface area contributed by atoms with Crippen molar-refractivity contribution in [3.8, 4) is 0 Å². The van der Waals surface area contributed by atoms with E-state index in [1.54, 1.807) is 6.92 Å². The zero-order valence-electron chi connectivity index (χ0n) is 11.5. The zero-order chi connectivity index (χ0) is 15.1. The molecule has 1 saturated heterocycles. The van der Waals surface area contributed by atoms with Crippen LogP contribution in [-0.4, -0.2) is 37.0 Å². The molecule has 20 heavy (non-hydrogen) atoms. The molecular weight excluding hydrogens is 300 g/mol. The van der Waals surface area contributed by atoms with Crippen molar-refractivity contribution in [2.45, 2.75) is 31.2 Å². The predicted molar refractivity (Wildman–Crippen MR) is 79.1 cm³/mol. The maximum absolute atomic E-state index is 12.7. The van der Waals surface area contributed by atoms with Gasteiger partial charge in [0.15, 0.2) is 0 Å². The van der Waals surface area contributed by atoms with Gasteiger partial charge < -0.3 is 10.8 Å². The fourth-order valence-electron chi connectivity index (χ4n) is 2.50. The van der Waals surface area contributed by atoms with Gasteiger partial charge in [0.1, 0.15) is 0 Å². The Bertz CT molecular complexity index is 595. The van der Waals surface area contributed by atoms with Crippen LogP contribution in [0.5, 0.6) is 0 Å². The molecule has 2 unspecified atom stereocenters. The molecule has 0 aliphatic carbocycles. The van der Waals surface area contributed by atoms with Gasteiger partial charge >= 0.3 is 0 Å². The normalized spacial score (nSPS) is 24.2. The van der Waals surface area contributed by atoms with Crippen LogP contribution in [0, 0.1) is 12.8 Å². The minimum atomic E-state index is -3.69. The molecule has 0 spiro atoms. The molecule has 7 heteroatoms. The van der Waals surface area contributed by atoms with E-state index in [-0.39, 0.29) is 23.5 Å². The first-order valence-corrected chi connectivity index (χ1v) is 8.29. The Labute approximate surface area is 124 Å². The molecule has 0 radical (unpaired) electrons. The van der Waals surface area contributed by atoms with E-state index in [0.717, 1.165) is 6.42 Å². The van der Waals surface area contributed by atoms with Crippen LogP contribution in [-0.2, 0) is 10.0 Å². The monoisotopic (exact) mass is 318 g/mol. The van der Waals surface area contributed by atoms with Crippen LogP contribution >= 0.6 is 11.6 Å². The fourth-order valence-corrected chi connectivity index (χ4v) is 4.58. The molecule has 3 N–H and O–H groups in total. The van der Waals surface area contributed by atoms with Gasteiger partial charge in [0.25, 0.3) is 0 Å². The summed E-state index contributed by atoms with van der Waals surface area (Å²) in [5.41, 5.74) is 6.81. The number of anilines is 1. The van der Waals surface area contributed by atoms with Gasteiger partial charge in [-0.25, -0.2) is 8.42 Å². The Morgan fingerprint density at radius 2 is 2.15 bits per heavy atom. The molecule has 0 bridgehead atoms. The second-order valence-electron chi connectivity index (χ2n) is 5.25. The van der Waals surface area contributed by atoms with Crippen molar-refractivity contribution in [3.05, 3.63) is 22.7 Å². The Balaban J connectivity index is 2.46. The molecule has 0 amide bonds. The number of aliphatic hydroxyl groups is 1. The van der Waals surface area contributed by atoms with Crippen molar-refractivity contribution < 1.29 is 13.5 Å². The number of rotatable bonds is 3. The second-order valence-corrected chi connectivity index (χ2v) is 7.55. The van der Waals surface area contributed by atoms with E-state index in [2.05, 4.69) is 0 Å². The van der Waals surface area contributed by atoms with Crippen LogP contribution in [0.25, 0.3) is 0 Å². The summed E-state index contributed by atoms with van der Waals surface area (Å²) in [5.74, 6) is 0.132. The highest BCUT2D eigenvalue weighted by Gasteiger charge is 2.39. The molecule has 0 aromatic heterocycles. The number of nitrogens with two attached hydrogens (primary N) is 1. The number of nitrogens with zero attached hydrogens (tertiary/aromatic N) is 1. The largest absolute Gasteiger partial charge is 0.398 e. The molecule has 0 saturated carbocycles. The van der Waals surface area contributed by atoms with Gasteiger partial charge in [0, 0.05) is 17.3 Å². The molecule has 5 nitrogen and oxygen atoms in total. The Morgan fingerprint density at radius 1 is 1.50 bits per heavy atom. The lowest BCUT2D eigenvalue weighted by molar-refractivity contribution is 0.191. The third kappa shape index (κ3) is 2.53. The molecular formula is C13H19ClN2O3S. The molecule has 1 fully saturated rings. The molecule has 1 aromatic carbocycles. The summed E-state index contributed by atoms with van der Waals surface area (Å²) in [5, 5.41) is 9.74. The van der Waals surface area contributed by atoms with Crippen molar-refractivity contribution in [3.63, 3.8) is 0 Å². The van der Waals surface area contributed by atoms with Crippen molar-refractivity contribution in [1.82, 2.24) is 4.31 Å². The highest BCUT2D eigenvalue weighted by atomic mass is 35.5. The number of sulfonamides is 1. The quantitative estimate of drug-likeness (QED) is 0.830. The first-order valence-electron chi connectivity index (χ1n) is 6.47. The van der Waals surface area contributed by atoms with E-state index in [1.807, 2.05) is 6.92 Å². The number of hydrogen-bond acceptors (Lipinski definition) is 4. The van der Waals surface area contributed by atoms with Crippen LogP contribution in [0.1, 0.15) is 18.9 Å². The first-order chi connectivity index (χ1) is 9.28. The van der Waals surface area contributed by atoms with E-state index in [9.17, 15) is 13.5 Å². The smallest absolute Gasteiger partial charge is 0.243 e. The van der Waals surface area contributed by atoms with Crippen LogP contribution in [0.2, 0.25) is 5.02 Å². The van der Waals surface area contributed by atoms with Gasteiger partial charge in [-0.2, -0.15) is 4.31 Å². The average molecular weight is 319 g/mol. The molecule has 1 aliphatic heterocycles. The molecule has 1 aromatic rings. The first kappa shape index (κ1) is 15.6. The van der Waals surface area contributed by atoms with Gasteiger partial charge in [-0.15, -0.1) is 0 Å². The number of nitrogen functional groups attached to an aromatic ring is 1. The SMILES string of the molecule is Cc1c(N)cc(S(=O)(=O)N2CCC(C)C2CO)cc1Cl. The van der Waals surface area contributed by atoms with Crippen LogP contribution in [0.4, 0.5) is 5.69 Å². The molecule has 1 heterocycles. The highest BCUT2D eigenvalue weighted by molar-refractivity contribution is 7.89. The lowest BCUT2D eigenvalue weighted by Gasteiger charge is -2.25. The lowest BCUT2D eigenvalue weighted by atomic mass is 10.0. The van der Waals surface area contributed by atoms with Crippen LogP contribution in [0.3, 0.4) is 0 Å². The molecule has 1 aliphatic rings. The van der Waals surface area contributed by atoms with Gasteiger partial charge in [-0.1, -0.05) is 18.5 Å². The molecule has 112 valence electrons. The van der Waals surface area contributed by atoms with Gasteiger partial charge in [0.2, 0.25) is 10.0 Å². The second kappa shape index (κ2) is 5.52. The Hall–Kier alpha value is -0.820. The summed E-state index contributed by atoms with van der Waals surface area (Å²) in [6.07, 6.45) is 0.736. The Kier molecular flexibility index (Phi) is 4.30. The minimum Gasteiger partial charge on any atom is -0.398 e. The fraction of sp³-hybridized carbons (Fsp3) is 0.538. The summed E-state index contributed by atoms with van der Waals surface area (Å²) in [4.78, 5) is 0.0816. The summed E-state index contributed by atoms with van der Waals surface area (Å²) in [7, 11) is -3.69. The number of aliphatic hydroxyl groups excluding tert-OH is 1. The Morgan fingerprint density at radius 3 is 2.70 bits per heavy atom. The summed E-state index contributed by atoms with van der Waals surface area (Å²) in [6, 6.07) is 2.45. The molecule has 2 rings (SSSR count). The van der Waals surface area contributed by atoms with E-state index in [4.69, 9.17) is 17.3 Å². The number of hydrogen-bond donors (Lipinski definition) is 2. The standard InChI is InChI=1S/C13H19ClN2O3S/c1-8-3-4-16(13(8)7-17)20(18,19)10-5-11(14)9(2)12(15)6-10/h5-6,8,13,17H,3-4,7,15H2,1-2H3. The summed E-state index contributed by atoms with van der Waals surface area (Å²) < 4.78 is 26.7. The summed E-state index contributed by atoms with van der Waals surface area (Å²) >= 11 is 6.02. The zero-order valence-corrected chi connectivity index (χ0v) is 13.1. The predicted octanol–water partition coefficient (Wildman–Crippen LogP) is 1.62. The van der Waals surface area contributed by atoms with Crippen LogP contribution < -0.4 is 5.73 Å². The maximum atomic E-state index is 12.7. The maximum Gasteiger partial charge on any atom is 0.243 e. The van der Waals surface area contributed by atoms with E-state index < -0.39 is 10.0 Å². The third-order valence-corrected chi connectivity index (χ3v) is 6.28. The lowest BCUT2D eigenvalue weighted by Crippen LogP contribution is -2.39. The van der Waals surface area contributed by atoms with Crippen LogP contribution in [0.15, 0.2) is 17.0 Å². The van der Waals surface area contributed by atoms with E-state index >= 15 is 0 Å². The number of halogens is 1. The average Bonchev–Trinajstić information content (AvgIpc) is 2.77. The van der Waals surface area contributed by atoms with E-state index in [0.29, 0.717) is 22.8 Å². The van der Waals surface area contributed by atoms with Crippen molar-refractivity contribution in [1.29, 1.82) is 0 Å². The topological polar surface area (TPSA) is 83.6 Å². The van der Waals surface area contributed by atoms with Gasteiger partial charge in [0.05, 0.1) is 17.5 Å². The van der Waals surface area contributed by atoms with Gasteiger partial charge in [-0.05, 0) is 37.0 Å². The third-order valence-electron chi connectivity index (χ3n) is 3.98. The number of benzene rings is 1. The minimum absolute atomic E-state index is 0.0816. The van der Waals surface area contributed by atoms with E-state index in [1.165, 1.54) is 16.4 Å². The molecule has 2 atom stereocenters. The van der Waals surface area contributed by atoms with Crippen molar-refractivity contribution >= 4 is 27.3 Å².